The van der Waals surface area contributed by atoms with Crippen LogP contribution >= 0.6 is 0 Å². The van der Waals surface area contributed by atoms with Gasteiger partial charge >= 0.3 is 0 Å². The zero-order valence-corrected chi connectivity index (χ0v) is 8.28. The highest BCUT2D eigenvalue weighted by atomic mass is 16.5. The molecule has 14 heavy (non-hydrogen) atoms. The molecular formula is C12H16O2. The van der Waals surface area contributed by atoms with E-state index in [-0.39, 0.29) is 6.61 Å². The molecule has 2 rings (SSSR count). The van der Waals surface area contributed by atoms with E-state index in [9.17, 15) is 0 Å². The lowest BCUT2D eigenvalue weighted by Gasteiger charge is -2.13. The summed E-state index contributed by atoms with van der Waals surface area (Å²) in [5.74, 6) is 0.892. The average Bonchev–Trinajstić information content (AvgIpc) is 2.71. The molecule has 0 aromatic heterocycles. The van der Waals surface area contributed by atoms with Crippen LogP contribution in [0.5, 0.6) is 5.75 Å². The van der Waals surface area contributed by atoms with E-state index in [2.05, 4.69) is 0 Å². The Morgan fingerprint density at radius 1 is 1.29 bits per heavy atom. The summed E-state index contributed by atoms with van der Waals surface area (Å²) in [5, 5.41) is 8.97. The molecule has 1 N–H and O–H groups in total. The standard InChI is InChI=1S/C12H16O2/c13-9-10-4-3-7-12(8-10)14-11-5-1-2-6-11/h3-4,7-8,11,13H,1-2,5-6,9H2. The zero-order valence-electron chi connectivity index (χ0n) is 8.28. The fourth-order valence-electron chi connectivity index (χ4n) is 1.92. The first-order chi connectivity index (χ1) is 6.88. The third kappa shape index (κ3) is 2.26. The smallest absolute Gasteiger partial charge is 0.120 e. The van der Waals surface area contributed by atoms with Crippen LogP contribution in [0, 0.1) is 0 Å². The molecule has 0 unspecified atom stereocenters. The van der Waals surface area contributed by atoms with E-state index in [1.807, 2.05) is 24.3 Å². The number of ether oxygens (including phenoxy) is 1. The van der Waals surface area contributed by atoms with Crippen molar-refractivity contribution < 1.29 is 9.84 Å². The van der Waals surface area contributed by atoms with Crippen LogP contribution in [0.3, 0.4) is 0 Å². The van der Waals surface area contributed by atoms with Gasteiger partial charge in [-0.25, -0.2) is 0 Å². The maximum absolute atomic E-state index is 8.97. The molecule has 76 valence electrons. The fourth-order valence-corrected chi connectivity index (χ4v) is 1.92. The summed E-state index contributed by atoms with van der Waals surface area (Å²) in [4.78, 5) is 0. The number of aliphatic hydroxyl groups excluding tert-OH is 1. The number of benzene rings is 1. The number of hydrogen-bond acceptors (Lipinski definition) is 2. The normalized spacial score (nSPS) is 17.2. The van der Waals surface area contributed by atoms with Gasteiger partial charge < -0.3 is 9.84 Å². The molecule has 0 aliphatic heterocycles. The molecule has 1 fully saturated rings. The molecule has 0 bridgehead atoms. The lowest BCUT2D eigenvalue weighted by molar-refractivity contribution is 0.209. The molecule has 1 aromatic carbocycles. The molecule has 1 saturated carbocycles. The van der Waals surface area contributed by atoms with Crippen molar-refractivity contribution in [2.75, 3.05) is 0 Å². The summed E-state index contributed by atoms with van der Waals surface area (Å²) in [5.41, 5.74) is 0.917. The molecule has 0 heterocycles. The lowest BCUT2D eigenvalue weighted by atomic mass is 10.2. The monoisotopic (exact) mass is 192 g/mol. The largest absolute Gasteiger partial charge is 0.490 e. The summed E-state index contributed by atoms with van der Waals surface area (Å²) < 4.78 is 5.81. The third-order valence-corrected chi connectivity index (χ3v) is 2.69. The second-order valence-electron chi connectivity index (χ2n) is 3.83. The Kier molecular flexibility index (Phi) is 3.04. The average molecular weight is 192 g/mol. The van der Waals surface area contributed by atoms with E-state index in [1.54, 1.807) is 0 Å². The van der Waals surface area contributed by atoms with Gasteiger partial charge in [0.05, 0.1) is 12.7 Å². The van der Waals surface area contributed by atoms with Gasteiger partial charge in [0.25, 0.3) is 0 Å². The zero-order chi connectivity index (χ0) is 9.80. The Labute approximate surface area is 84.5 Å². The predicted molar refractivity (Wildman–Crippen MR) is 55.2 cm³/mol. The molecule has 2 heteroatoms. The van der Waals surface area contributed by atoms with Crippen LogP contribution in [0.2, 0.25) is 0 Å². The molecule has 0 saturated heterocycles. The molecular weight excluding hydrogens is 176 g/mol. The summed E-state index contributed by atoms with van der Waals surface area (Å²) in [6.07, 6.45) is 5.30. The molecule has 1 aliphatic rings. The molecule has 0 radical (unpaired) electrons. The van der Waals surface area contributed by atoms with Crippen LogP contribution < -0.4 is 4.74 Å². The minimum absolute atomic E-state index is 0.0852. The van der Waals surface area contributed by atoms with Gasteiger partial charge in [-0.15, -0.1) is 0 Å². The van der Waals surface area contributed by atoms with Gasteiger partial charge in [0.15, 0.2) is 0 Å². The fraction of sp³-hybridized carbons (Fsp3) is 0.500. The van der Waals surface area contributed by atoms with Gasteiger partial charge in [-0.2, -0.15) is 0 Å². The quantitative estimate of drug-likeness (QED) is 0.797. The first kappa shape index (κ1) is 9.53. The Bertz CT molecular complexity index is 290. The summed E-state index contributed by atoms with van der Waals surface area (Å²) in [6.45, 7) is 0.0852. The second-order valence-corrected chi connectivity index (χ2v) is 3.83. The van der Waals surface area contributed by atoms with Crippen molar-refractivity contribution in [3.63, 3.8) is 0 Å². The molecule has 0 spiro atoms. The van der Waals surface area contributed by atoms with E-state index in [4.69, 9.17) is 9.84 Å². The first-order valence-electron chi connectivity index (χ1n) is 5.25. The van der Waals surface area contributed by atoms with Crippen molar-refractivity contribution in [1.82, 2.24) is 0 Å². The molecule has 1 aliphatic carbocycles. The van der Waals surface area contributed by atoms with Crippen molar-refractivity contribution >= 4 is 0 Å². The van der Waals surface area contributed by atoms with Gasteiger partial charge in [0.2, 0.25) is 0 Å². The Morgan fingerprint density at radius 3 is 2.79 bits per heavy atom. The number of rotatable bonds is 3. The van der Waals surface area contributed by atoms with Gasteiger partial charge in [-0.3, -0.25) is 0 Å². The molecule has 0 amide bonds. The van der Waals surface area contributed by atoms with Gasteiger partial charge in [0, 0.05) is 0 Å². The van der Waals surface area contributed by atoms with Crippen LogP contribution in [-0.4, -0.2) is 11.2 Å². The van der Waals surface area contributed by atoms with Crippen LogP contribution in [0.25, 0.3) is 0 Å². The minimum atomic E-state index is 0.0852. The van der Waals surface area contributed by atoms with E-state index in [0.29, 0.717) is 6.10 Å². The number of aliphatic hydroxyl groups is 1. The van der Waals surface area contributed by atoms with Crippen molar-refractivity contribution in [3.8, 4) is 5.75 Å². The summed E-state index contributed by atoms with van der Waals surface area (Å²) in [6, 6.07) is 7.70. The SMILES string of the molecule is OCc1cccc(OC2CCCC2)c1. The highest BCUT2D eigenvalue weighted by molar-refractivity contribution is 5.28. The minimum Gasteiger partial charge on any atom is -0.490 e. The number of hydrogen-bond donors (Lipinski definition) is 1. The summed E-state index contributed by atoms with van der Waals surface area (Å²) >= 11 is 0. The van der Waals surface area contributed by atoms with Crippen LogP contribution in [0.15, 0.2) is 24.3 Å². The second kappa shape index (κ2) is 4.47. The molecule has 0 atom stereocenters. The van der Waals surface area contributed by atoms with Gasteiger partial charge in [-0.1, -0.05) is 12.1 Å². The van der Waals surface area contributed by atoms with Crippen LogP contribution in [0.1, 0.15) is 31.2 Å². The van der Waals surface area contributed by atoms with Crippen molar-refractivity contribution in [2.24, 2.45) is 0 Å². The maximum Gasteiger partial charge on any atom is 0.120 e. The third-order valence-electron chi connectivity index (χ3n) is 2.69. The topological polar surface area (TPSA) is 29.5 Å². The van der Waals surface area contributed by atoms with Gasteiger partial charge in [0.1, 0.15) is 5.75 Å². The van der Waals surface area contributed by atoms with Gasteiger partial charge in [-0.05, 0) is 43.4 Å². The van der Waals surface area contributed by atoms with E-state index in [0.717, 1.165) is 11.3 Å². The van der Waals surface area contributed by atoms with Crippen molar-refractivity contribution in [3.05, 3.63) is 29.8 Å². The lowest BCUT2D eigenvalue weighted by Crippen LogP contribution is -2.10. The van der Waals surface area contributed by atoms with E-state index < -0.39 is 0 Å². The maximum atomic E-state index is 8.97. The van der Waals surface area contributed by atoms with Crippen LogP contribution in [0.4, 0.5) is 0 Å². The predicted octanol–water partition coefficient (Wildman–Crippen LogP) is 2.50. The molecule has 1 aromatic rings. The Balaban J connectivity index is 2.00. The Morgan fingerprint density at radius 2 is 2.07 bits per heavy atom. The Hall–Kier alpha value is -1.02. The van der Waals surface area contributed by atoms with E-state index in [1.165, 1.54) is 25.7 Å². The molecule has 2 nitrogen and oxygen atoms in total. The highest BCUT2D eigenvalue weighted by Gasteiger charge is 2.16. The first-order valence-corrected chi connectivity index (χ1v) is 5.25. The van der Waals surface area contributed by atoms with E-state index >= 15 is 0 Å². The summed E-state index contributed by atoms with van der Waals surface area (Å²) in [7, 11) is 0. The highest BCUT2D eigenvalue weighted by Crippen LogP contribution is 2.24. The van der Waals surface area contributed by atoms with Crippen LogP contribution in [-0.2, 0) is 6.61 Å². The van der Waals surface area contributed by atoms with Crippen molar-refractivity contribution in [1.29, 1.82) is 0 Å². The van der Waals surface area contributed by atoms with Crippen molar-refractivity contribution in [2.45, 2.75) is 38.4 Å².